The second-order valence-corrected chi connectivity index (χ2v) is 6.70. The highest BCUT2D eigenvalue weighted by molar-refractivity contribution is 5.85. The van der Waals surface area contributed by atoms with E-state index in [9.17, 15) is 4.79 Å². The van der Waals surface area contributed by atoms with Crippen molar-refractivity contribution in [1.82, 2.24) is 10.2 Å². The summed E-state index contributed by atoms with van der Waals surface area (Å²) in [5.74, 6) is 0.808. The number of carbonyl (C=O) groups excluding carboxylic acids is 1. The average Bonchev–Trinajstić information content (AvgIpc) is 2.45. The smallest absolute Gasteiger partial charge is 0.260 e. The fraction of sp³-hybridized carbons (Fsp3) is 0.588. The van der Waals surface area contributed by atoms with Crippen LogP contribution in [0.3, 0.4) is 0 Å². The second kappa shape index (κ2) is 7.84. The van der Waals surface area contributed by atoms with Crippen molar-refractivity contribution >= 4 is 18.3 Å². The molecule has 0 spiro atoms. The van der Waals surface area contributed by atoms with Gasteiger partial charge in [0.1, 0.15) is 5.75 Å². The molecule has 0 saturated carbocycles. The molecule has 1 aliphatic rings. The molecule has 0 aliphatic carbocycles. The van der Waals surface area contributed by atoms with Gasteiger partial charge in [-0.05, 0) is 30.0 Å². The van der Waals surface area contributed by atoms with Gasteiger partial charge in [0.2, 0.25) is 0 Å². The number of amides is 1. The molecule has 1 saturated heterocycles. The predicted molar refractivity (Wildman–Crippen MR) is 91.9 cm³/mol. The minimum atomic E-state index is 0. The van der Waals surface area contributed by atoms with E-state index in [0.29, 0.717) is 0 Å². The van der Waals surface area contributed by atoms with Gasteiger partial charge >= 0.3 is 0 Å². The van der Waals surface area contributed by atoms with E-state index >= 15 is 0 Å². The number of ether oxygens (including phenoxy) is 1. The van der Waals surface area contributed by atoms with Crippen molar-refractivity contribution in [2.24, 2.45) is 0 Å². The van der Waals surface area contributed by atoms with Crippen LogP contribution >= 0.6 is 12.4 Å². The van der Waals surface area contributed by atoms with E-state index in [-0.39, 0.29) is 36.4 Å². The number of rotatable bonds is 3. The highest BCUT2D eigenvalue weighted by atomic mass is 35.5. The van der Waals surface area contributed by atoms with Gasteiger partial charge in [-0.15, -0.1) is 12.4 Å². The molecule has 1 aromatic rings. The number of hydrogen-bond acceptors (Lipinski definition) is 3. The van der Waals surface area contributed by atoms with Gasteiger partial charge in [0, 0.05) is 25.7 Å². The van der Waals surface area contributed by atoms with Gasteiger partial charge in [0.25, 0.3) is 5.91 Å². The zero-order chi connectivity index (χ0) is 15.5. The summed E-state index contributed by atoms with van der Waals surface area (Å²) in [5.41, 5.74) is 1.39. The molecule has 0 bridgehead atoms. The van der Waals surface area contributed by atoms with Crippen molar-refractivity contribution in [3.05, 3.63) is 29.8 Å². The fourth-order valence-corrected chi connectivity index (χ4v) is 2.49. The number of carbonyl (C=O) groups is 1. The summed E-state index contributed by atoms with van der Waals surface area (Å²) in [7, 11) is 0. The van der Waals surface area contributed by atoms with Gasteiger partial charge in [0.15, 0.2) is 6.61 Å². The molecule has 1 fully saturated rings. The van der Waals surface area contributed by atoms with Gasteiger partial charge < -0.3 is 15.0 Å². The van der Waals surface area contributed by atoms with E-state index in [0.717, 1.165) is 25.4 Å². The first-order valence-electron chi connectivity index (χ1n) is 7.61. The van der Waals surface area contributed by atoms with Crippen LogP contribution in [-0.2, 0) is 10.2 Å². The minimum absolute atomic E-state index is 0. The third-order valence-electron chi connectivity index (χ3n) is 3.90. The second-order valence-electron chi connectivity index (χ2n) is 6.70. The molecule has 1 amide bonds. The molecule has 1 aliphatic heterocycles. The molecule has 1 unspecified atom stereocenters. The van der Waals surface area contributed by atoms with Crippen molar-refractivity contribution in [3.8, 4) is 5.75 Å². The first-order valence-corrected chi connectivity index (χ1v) is 7.61. The molecule has 2 rings (SSSR count). The summed E-state index contributed by atoms with van der Waals surface area (Å²) in [6, 6.07) is 8.24. The summed E-state index contributed by atoms with van der Waals surface area (Å²) < 4.78 is 5.63. The van der Waals surface area contributed by atoms with E-state index in [2.05, 4.69) is 45.1 Å². The Kier molecular flexibility index (Phi) is 6.69. The van der Waals surface area contributed by atoms with Crippen molar-refractivity contribution < 1.29 is 9.53 Å². The van der Waals surface area contributed by atoms with Crippen LogP contribution in [0.2, 0.25) is 0 Å². The summed E-state index contributed by atoms with van der Waals surface area (Å²) in [6.07, 6.45) is 0. The van der Waals surface area contributed by atoms with Crippen molar-refractivity contribution in [1.29, 1.82) is 0 Å². The summed E-state index contributed by atoms with van der Waals surface area (Å²) in [4.78, 5) is 14.1. The molecule has 1 heterocycles. The molecule has 1 atom stereocenters. The fourth-order valence-electron chi connectivity index (χ4n) is 2.49. The van der Waals surface area contributed by atoms with Crippen molar-refractivity contribution in [2.75, 3.05) is 26.2 Å². The molecule has 1 N–H and O–H groups in total. The number of nitrogens with one attached hydrogen (secondary N) is 1. The van der Waals surface area contributed by atoms with Crippen LogP contribution in [0.1, 0.15) is 33.3 Å². The van der Waals surface area contributed by atoms with Crippen molar-refractivity contribution in [2.45, 2.75) is 39.2 Å². The highest BCUT2D eigenvalue weighted by Crippen LogP contribution is 2.24. The quantitative estimate of drug-likeness (QED) is 0.928. The summed E-state index contributed by atoms with van der Waals surface area (Å²) >= 11 is 0. The SMILES string of the molecule is CC1CNCCN1C(=O)COc1ccc(C(C)(C)C)cc1.Cl. The van der Waals surface area contributed by atoms with Crippen LogP contribution in [0.15, 0.2) is 24.3 Å². The molecule has 0 aromatic heterocycles. The Hall–Kier alpha value is -1.26. The Bertz CT molecular complexity index is 482. The normalized spacial score (nSPS) is 18.5. The van der Waals surface area contributed by atoms with Gasteiger partial charge in [-0.1, -0.05) is 32.9 Å². The van der Waals surface area contributed by atoms with E-state index in [1.165, 1.54) is 5.56 Å². The Labute approximate surface area is 139 Å². The molecule has 22 heavy (non-hydrogen) atoms. The van der Waals surface area contributed by atoms with Gasteiger partial charge in [-0.2, -0.15) is 0 Å². The standard InChI is InChI=1S/C17H26N2O2.ClH/c1-13-11-18-9-10-19(13)16(20)12-21-15-7-5-14(6-8-15)17(2,3)4;/h5-8,13,18H,9-12H2,1-4H3;1H. The van der Waals surface area contributed by atoms with E-state index in [1.54, 1.807) is 0 Å². The number of piperazine rings is 1. The third-order valence-corrected chi connectivity index (χ3v) is 3.90. The molecular formula is C17H27ClN2O2. The lowest BCUT2D eigenvalue weighted by Crippen LogP contribution is -2.53. The van der Waals surface area contributed by atoms with Gasteiger partial charge in [0.05, 0.1) is 0 Å². The lowest BCUT2D eigenvalue weighted by Gasteiger charge is -2.33. The van der Waals surface area contributed by atoms with Crippen LogP contribution in [0, 0.1) is 0 Å². The number of hydrogen-bond donors (Lipinski definition) is 1. The lowest BCUT2D eigenvalue weighted by molar-refractivity contribution is -0.136. The van der Waals surface area contributed by atoms with E-state index in [4.69, 9.17) is 4.74 Å². The maximum atomic E-state index is 12.2. The lowest BCUT2D eigenvalue weighted by atomic mass is 9.87. The van der Waals surface area contributed by atoms with Gasteiger partial charge in [-0.3, -0.25) is 4.79 Å². The monoisotopic (exact) mass is 326 g/mol. The average molecular weight is 327 g/mol. The van der Waals surface area contributed by atoms with E-state index in [1.807, 2.05) is 17.0 Å². The Morgan fingerprint density at radius 3 is 2.50 bits per heavy atom. The summed E-state index contributed by atoms with van der Waals surface area (Å²) in [5, 5.41) is 3.28. The number of benzene rings is 1. The molecule has 0 radical (unpaired) electrons. The maximum absolute atomic E-state index is 12.2. The van der Waals surface area contributed by atoms with Crippen LogP contribution < -0.4 is 10.1 Å². The first kappa shape index (κ1) is 18.8. The molecular weight excluding hydrogens is 300 g/mol. The Balaban J connectivity index is 0.00000242. The molecule has 5 heteroatoms. The van der Waals surface area contributed by atoms with Crippen LogP contribution in [0.4, 0.5) is 0 Å². The zero-order valence-electron chi connectivity index (χ0n) is 13.9. The van der Waals surface area contributed by atoms with Crippen LogP contribution in [0.25, 0.3) is 0 Å². The van der Waals surface area contributed by atoms with Gasteiger partial charge in [-0.25, -0.2) is 0 Å². The minimum Gasteiger partial charge on any atom is -0.484 e. The molecule has 124 valence electrons. The molecule has 1 aromatic carbocycles. The van der Waals surface area contributed by atoms with E-state index < -0.39 is 0 Å². The first-order chi connectivity index (χ1) is 9.88. The largest absolute Gasteiger partial charge is 0.484 e. The highest BCUT2D eigenvalue weighted by Gasteiger charge is 2.23. The Morgan fingerprint density at radius 2 is 1.95 bits per heavy atom. The predicted octanol–water partition coefficient (Wildman–Crippen LogP) is 2.61. The van der Waals surface area contributed by atoms with Crippen LogP contribution in [0.5, 0.6) is 5.75 Å². The third kappa shape index (κ3) is 4.89. The zero-order valence-corrected chi connectivity index (χ0v) is 14.7. The number of nitrogens with zero attached hydrogens (tertiary/aromatic N) is 1. The summed E-state index contributed by atoms with van der Waals surface area (Å²) in [6.45, 7) is 11.2. The van der Waals surface area contributed by atoms with Crippen molar-refractivity contribution in [3.63, 3.8) is 0 Å². The van der Waals surface area contributed by atoms with Crippen LogP contribution in [-0.4, -0.2) is 43.1 Å². The molecule has 4 nitrogen and oxygen atoms in total. The maximum Gasteiger partial charge on any atom is 0.260 e. The number of halogens is 1. The Morgan fingerprint density at radius 1 is 1.32 bits per heavy atom. The topological polar surface area (TPSA) is 41.6 Å².